The molecule has 3 rings (SSSR count). The maximum absolute atomic E-state index is 10.9. The van der Waals surface area contributed by atoms with Crippen molar-refractivity contribution < 1.29 is 4.92 Å². The Kier molecular flexibility index (Phi) is 3.04. The third-order valence-electron chi connectivity index (χ3n) is 3.11. The fraction of sp³-hybridized carbons (Fsp3) is 0.0714. The maximum atomic E-state index is 10.9. The SMILES string of the molecule is N#CCc1c(-c2ccncc2)nc2ccc([N+](=O)[O-])cn12. The molecule has 102 valence electrons. The summed E-state index contributed by atoms with van der Waals surface area (Å²) in [7, 11) is 0. The fourth-order valence-corrected chi connectivity index (χ4v) is 2.17. The lowest BCUT2D eigenvalue weighted by molar-refractivity contribution is -0.385. The summed E-state index contributed by atoms with van der Waals surface area (Å²) in [4.78, 5) is 18.8. The molecule has 0 aliphatic rings. The molecule has 0 aliphatic carbocycles. The molecule has 0 amide bonds. The first kappa shape index (κ1) is 12.7. The molecule has 0 saturated heterocycles. The number of pyridine rings is 2. The largest absolute Gasteiger partial charge is 0.295 e. The second-order valence-electron chi connectivity index (χ2n) is 4.35. The van der Waals surface area contributed by atoms with Gasteiger partial charge in [0.1, 0.15) is 5.65 Å². The van der Waals surface area contributed by atoms with Crippen molar-refractivity contribution in [2.75, 3.05) is 0 Å². The van der Waals surface area contributed by atoms with E-state index >= 15 is 0 Å². The van der Waals surface area contributed by atoms with E-state index in [4.69, 9.17) is 5.26 Å². The van der Waals surface area contributed by atoms with E-state index in [1.54, 1.807) is 35.0 Å². The van der Waals surface area contributed by atoms with Gasteiger partial charge in [-0.2, -0.15) is 5.26 Å². The summed E-state index contributed by atoms with van der Waals surface area (Å²) < 4.78 is 1.59. The summed E-state index contributed by atoms with van der Waals surface area (Å²) in [6.45, 7) is 0. The van der Waals surface area contributed by atoms with Crippen LogP contribution < -0.4 is 0 Å². The van der Waals surface area contributed by atoms with Gasteiger partial charge in [-0.05, 0) is 18.2 Å². The van der Waals surface area contributed by atoms with E-state index in [1.807, 2.05) is 0 Å². The number of imidazole rings is 1. The minimum Gasteiger partial charge on any atom is -0.295 e. The third-order valence-corrected chi connectivity index (χ3v) is 3.11. The molecule has 0 fully saturated rings. The smallest absolute Gasteiger partial charge is 0.286 e. The number of nitriles is 1. The van der Waals surface area contributed by atoms with Crippen LogP contribution in [0.4, 0.5) is 5.69 Å². The first-order valence-electron chi connectivity index (χ1n) is 6.13. The number of rotatable bonds is 3. The molecule has 7 heteroatoms. The van der Waals surface area contributed by atoms with Crippen molar-refractivity contribution in [3.8, 4) is 17.3 Å². The van der Waals surface area contributed by atoms with Crippen molar-refractivity contribution in [3.63, 3.8) is 0 Å². The lowest BCUT2D eigenvalue weighted by Crippen LogP contribution is -1.96. The van der Waals surface area contributed by atoms with E-state index in [0.717, 1.165) is 5.56 Å². The molecule has 0 unspecified atom stereocenters. The number of hydrogen-bond acceptors (Lipinski definition) is 5. The summed E-state index contributed by atoms with van der Waals surface area (Å²) in [5.74, 6) is 0. The summed E-state index contributed by atoms with van der Waals surface area (Å²) in [6, 6.07) is 8.62. The highest BCUT2D eigenvalue weighted by molar-refractivity contribution is 5.67. The Morgan fingerprint density at radius 3 is 2.71 bits per heavy atom. The third kappa shape index (κ3) is 2.19. The average molecular weight is 279 g/mol. The molecule has 0 spiro atoms. The van der Waals surface area contributed by atoms with E-state index in [9.17, 15) is 10.1 Å². The van der Waals surface area contributed by atoms with Crippen LogP contribution in [-0.2, 0) is 6.42 Å². The van der Waals surface area contributed by atoms with Crippen LogP contribution in [0.3, 0.4) is 0 Å². The van der Waals surface area contributed by atoms with Crippen molar-refractivity contribution in [3.05, 3.63) is 58.7 Å². The summed E-state index contributed by atoms with van der Waals surface area (Å²) in [5.41, 5.74) is 2.61. The van der Waals surface area contributed by atoms with Gasteiger partial charge in [-0.25, -0.2) is 4.98 Å². The Balaban J connectivity index is 2.28. The number of nitro groups is 1. The van der Waals surface area contributed by atoms with E-state index < -0.39 is 4.92 Å². The van der Waals surface area contributed by atoms with Gasteiger partial charge in [-0.15, -0.1) is 0 Å². The topological polar surface area (TPSA) is 97.1 Å². The Labute approximate surface area is 119 Å². The van der Waals surface area contributed by atoms with Crippen molar-refractivity contribution >= 4 is 11.3 Å². The van der Waals surface area contributed by atoms with Gasteiger partial charge < -0.3 is 0 Å². The predicted molar refractivity (Wildman–Crippen MR) is 74.4 cm³/mol. The number of hydrogen-bond donors (Lipinski definition) is 0. The fourth-order valence-electron chi connectivity index (χ4n) is 2.17. The monoisotopic (exact) mass is 279 g/mol. The summed E-state index contributed by atoms with van der Waals surface area (Å²) in [5, 5.41) is 19.9. The normalized spacial score (nSPS) is 10.4. The Hall–Kier alpha value is -3.27. The standard InChI is InChI=1S/C14H9N5O2/c15-6-3-12-14(10-4-7-16-8-5-10)17-13-2-1-11(19(20)21)9-18(12)13/h1-2,4-5,7-9H,3H2. The quantitative estimate of drug-likeness (QED) is 0.541. The molecular weight excluding hydrogens is 270 g/mol. The van der Waals surface area contributed by atoms with Crippen LogP contribution in [0.15, 0.2) is 42.9 Å². The zero-order valence-corrected chi connectivity index (χ0v) is 10.8. The Bertz CT molecular complexity index is 864. The van der Waals surface area contributed by atoms with Gasteiger partial charge in [0, 0.05) is 24.0 Å². The zero-order valence-electron chi connectivity index (χ0n) is 10.8. The van der Waals surface area contributed by atoms with E-state index in [2.05, 4.69) is 16.0 Å². The van der Waals surface area contributed by atoms with Crippen molar-refractivity contribution in [2.45, 2.75) is 6.42 Å². The van der Waals surface area contributed by atoms with Crippen LogP contribution >= 0.6 is 0 Å². The molecule has 3 aromatic heterocycles. The molecule has 0 aliphatic heterocycles. The second kappa shape index (κ2) is 5.02. The van der Waals surface area contributed by atoms with Gasteiger partial charge in [0.25, 0.3) is 5.69 Å². The van der Waals surface area contributed by atoms with E-state index in [-0.39, 0.29) is 12.1 Å². The van der Waals surface area contributed by atoms with Gasteiger partial charge in [-0.1, -0.05) is 0 Å². The van der Waals surface area contributed by atoms with Crippen LogP contribution in [0.1, 0.15) is 5.69 Å². The molecule has 21 heavy (non-hydrogen) atoms. The number of aromatic nitrogens is 3. The predicted octanol–water partition coefficient (Wildman–Crippen LogP) is 2.37. The molecule has 0 saturated carbocycles. The Morgan fingerprint density at radius 2 is 2.05 bits per heavy atom. The first-order valence-corrected chi connectivity index (χ1v) is 6.13. The highest BCUT2D eigenvalue weighted by Gasteiger charge is 2.16. The molecule has 7 nitrogen and oxygen atoms in total. The van der Waals surface area contributed by atoms with Crippen LogP contribution in [0.2, 0.25) is 0 Å². The zero-order chi connectivity index (χ0) is 14.8. The second-order valence-corrected chi connectivity index (χ2v) is 4.35. The van der Waals surface area contributed by atoms with Gasteiger partial charge in [0.15, 0.2) is 0 Å². The minimum atomic E-state index is -0.471. The van der Waals surface area contributed by atoms with Crippen molar-refractivity contribution in [1.82, 2.24) is 14.4 Å². The molecule has 0 N–H and O–H groups in total. The molecule has 0 bridgehead atoms. The number of fused-ring (bicyclic) bond motifs is 1. The first-order chi connectivity index (χ1) is 10.2. The molecule has 3 aromatic rings. The minimum absolute atomic E-state index is 0.0413. The van der Waals surface area contributed by atoms with Crippen LogP contribution in [0.5, 0.6) is 0 Å². The van der Waals surface area contributed by atoms with E-state index in [0.29, 0.717) is 17.0 Å². The van der Waals surface area contributed by atoms with Crippen molar-refractivity contribution in [2.24, 2.45) is 0 Å². The van der Waals surface area contributed by atoms with Crippen LogP contribution in [0, 0.1) is 21.4 Å². The highest BCUT2D eigenvalue weighted by Crippen LogP contribution is 2.26. The van der Waals surface area contributed by atoms with Gasteiger partial charge in [-0.3, -0.25) is 19.5 Å². The Morgan fingerprint density at radius 1 is 1.29 bits per heavy atom. The summed E-state index contributed by atoms with van der Waals surface area (Å²) in [6.07, 6.45) is 4.77. The van der Waals surface area contributed by atoms with E-state index in [1.165, 1.54) is 12.3 Å². The molecule has 3 heterocycles. The maximum Gasteiger partial charge on any atom is 0.286 e. The lowest BCUT2D eigenvalue weighted by atomic mass is 10.1. The molecular formula is C14H9N5O2. The number of nitrogens with zero attached hydrogens (tertiary/aromatic N) is 5. The van der Waals surface area contributed by atoms with Crippen LogP contribution in [0.25, 0.3) is 16.9 Å². The lowest BCUT2D eigenvalue weighted by Gasteiger charge is -2.00. The molecule has 0 radical (unpaired) electrons. The van der Waals surface area contributed by atoms with Gasteiger partial charge in [0.2, 0.25) is 0 Å². The highest BCUT2D eigenvalue weighted by atomic mass is 16.6. The summed E-state index contributed by atoms with van der Waals surface area (Å²) >= 11 is 0. The van der Waals surface area contributed by atoms with Crippen molar-refractivity contribution in [1.29, 1.82) is 5.26 Å². The molecule has 0 atom stereocenters. The van der Waals surface area contributed by atoms with Gasteiger partial charge in [0.05, 0.1) is 35.0 Å². The van der Waals surface area contributed by atoms with Gasteiger partial charge >= 0.3 is 0 Å². The molecule has 0 aromatic carbocycles. The van der Waals surface area contributed by atoms with Crippen LogP contribution in [-0.4, -0.2) is 19.3 Å². The average Bonchev–Trinajstić information content (AvgIpc) is 2.86.